The Morgan fingerprint density at radius 1 is 0.833 bits per heavy atom. The Morgan fingerprint density at radius 3 is 1.80 bits per heavy atom. The van der Waals surface area contributed by atoms with Crippen LogP contribution in [-0.4, -0.2) is 20.2 Å². The van der Waals surface area contributed by atoms with Gasteiger partial charge in [0.05, 0.1) is 4.90 Å². The van der Waals surface area contributed by atoms with Crippen molar-refractivity contribution in [3.05, 3.63) is 69.4 Å². The summed E-state index contributed by atoms with van der Waals surface area (Å²) in [6.07, 6.45) is 0.509. The Hall–Kier alpha value is -4.05. The summed E-state index contributed by atoms with van der Waals surface area (Å²) in [6.45, 7) is 0. The Kier molecular flexibility index (Phi) is 7.77. The van der Waals surface area contributed by atoms with Crippen LogP contribution >= 0.6 is 0 Å². The normalized spacial score (nSPS) is 10.3. The zero-order valence-corrected chi connectivity index (χ0v) is 16.3. The van der Waals surface area contributed by atoms with E-state index in [0.717, 1.165) is 0 Å². The van der Waals surface area contributed by atoms with E-state index in [1.54, 1.807) is 24.3 Å². The number of nitrogens with one attached hydrogen (secondary N) is 2. The summed E-state index contributed by atoms with van der Waals surface area (Å²) < 4.78 is 25.9. The summed E-state index contributed by atoms with van der Waals surface area (Å²) in [4.78, 5) is 28.6. The average molecular weight is 428 g/mol. The summed E-state index contributed by atoms with van der Waals surface area (Å²) in [5.41, 5.74) is 17.9. The van der Waals surface area contributed by atoms with Crippen molar-refractivity contribution in [3.8, 4) is 0 Å². The Morgan fingerprint density at radius 2 is 1.33 bits per heavy atom. The second-order valence-corrected chi connectivity index (χ2v) is 7.44. The van der Waals surface area contributed by atoms with Crippen molar-refractivity contribution in [2.75, 3.05) is 10.6 Å². The van der Waals surface area contributed by atoms with Gasteiger partial charge in [0, 0.05) is 44.2 Å². The first-order valence-corrected chi connectivity index (χ1v) is 9.94. The van der Waals surface area contributed by atoms with E-state index in [4.69, 9.17) is 11.1 Å². The largest absolute Gasteiger partial charge is 0.326 e. The summed E-state index contributed by atoms with van der Waals surface area (Å²) in [7, 11) is -4.08. The van der Waals surface area contributed by atoms with Crippen molar-refractivity contribution in [2.24, 2.45) is 9.63 Å². The van der Waals surface area contributed by atoms with Crippen LogP contribution in [-0.2, 0) is 19.6 Å². The number of nitrogens with zero attached hydrogens (tertiary/aromatic N) is 6. The molecule has 154 valence electrons. The lowest BCUT2D eigenvalue weighted by atomic mass is 10.2. The predicted octanol–water partition coefficient (Wildman–Crippen LogP) is 4.37. The van der Waals surface area contributed by atoms with Crippen molar-refractivity contribution < 1.29 is 18.0 Å². The number of benzene rings is 2. The van der Waals surface area contributed by atoms with Gasteiger partial charge in [-0.1, -0.05) is 17.2 Å². The number of amides is 2. The van der Waals surface area contributed by atoms with Crippen LogP contribution in [0.15, 0.2) is 63.1 Å². The van der Waals surface area contributed by atoms with Crippen LogP contribution < -0.4 is 10.6 Å². The van der Waals surface area contributed by atoms with E-state index in [9.17, 15) is 18.0 Å². The van der Waals surface area contributed by atoms with E-state index in [2.05, 4.69) is 30.1 Å². The van der Waals surface area contributed by atoms with Gasteiger partial charge in [0.25, 0.3) is 10.0 Å². The lowest BCUT2D eigenvalue weighted by Crippen LogP contribution is -2.14. The number of sulfonamides is 1. The molecule has 0 fully saturated rings. The van der Waals surface area contributed by atoms with Gasteiger partial charge in [-0.05, 0) is 53.9 Å². The molecule has 0 bridgehead atoms. The highest BCUT2D eigenvalue weighted by molar-refractivity contribution is 7.90. The third-order valence-corrected chi connectivity index (χ3v) is 4.85. The average Bonchev–Trinajstić information content (AvgIpc) is 2.70. The zero-order chi connectivity index (χ0) is 22.0. The second-order valence-electron chi connectivity index (χ2n) is 5.86. The number of rotatable bonds is 9. The van der Waals surface area contributed by atoms with Crippen molar-refractivity contribution >= 4 is 38.9 Å². The monoisotopic (exact) mass is 428 g/mol. The highest BCUT2D eigenvalue weighted by Gasteiger charge is 2.12. The van der Waals surface area contributed by atoms with Gasteiger partial charge in [-0.25, -0.2) is 8.42 Å². The van der Waals surface area contributed by atoms with Gasteiger partial charge in [-0.3, -0.25) is 9.59 Å². The van der Waals surface area contributed by atoms with Crippen LogP contribution in [0.1, 0.15) is 19.3 Å². The Balaban J connectivity index is 1.78. The van der Waals surface area contributed by atoms with Crippen LogP contribution in [0.4, 0.5) is 17.1 Å². The molecule has 0 aliphatic heterocycles. The van der Waals surface area contributed by atoms with Crippen LogP contribution in [0.3, 0.4) is 0 Å². The summed E-state index contributed by atoms with van der Waals surface area (Å²) >= 11 is 0. The van der Waals surface area contributed by atoms with Gasteiger partial charge in [-0.15, -0.1) is 0 Å². The van der Waals surface area contributed by atoms with Crippen LogP contribution in [0, 0.1) is 0 Å². The van der Waals surface area contributed by atoms with Gasteiger partial charge in [0.2, 0.25) is 11.8 Å². The van der Waals surface area contributed by atoms with Gasteiger partial charge >= 0.3 is 0 Å². The van der Waals surface area contributed by atoms with E-state index in [0.29, 0.717) is 23.5 Å². The molecule has 0 unspecified atom stereocenters. The number of carbonyl (C=O) groups is 2. The van der Waals surface area contributed by atoms with Gasteiger partial charge < -0.3 is 10.6 Å². The predicted molar refractivity (Wildman–Crippen MR) is 109 cm³/mol. The maximum absolute atomic E-state index is 12.0. The fourth-order valence-electron chi connectivity index (χ4n) is 2.32. The lowest BCUT2D eigenvalue weighted by Gasteiger charge is -2.07. The van der Waals surface area contributed by atoms with Crippen molar-refractivity contribution in [2.45, 2.75) is 24.2 Å². The first-order chi connectivity index (χ1) is 14.3. The van der Waals surface area contributed by atoms with Gasteiger partial charge in [-0.2, -0.15) is 0 Å². The highest BCUT2D eigenvalue weighted by Crippen LogP contribution is 2.18. The quantitative estimate of drug-likeness (QED) is 0.340. The molecular weight excluding hydrogens is 412 g/mol. The third kappa shape index (κ3) is 6.84. The Bertz CT molecular complexity index is 1120. The number of azide groups is 2. The fraction of sp³-hybridized carbons (Fsp3) is 0.176. The van der Waals surface area contributed by atoms with E-state index >= 15 is 0 Å². The minimum Gasteiger partial charge on any atom is -0.326 e. The molecule has 0 heterocycles. The van der Waals surface area contributed by atoms with Crippen LogP contribution in [0.25, 0.3) is 20.9 Å². The minimum absolute atomic E-state index is 0.0853. The molecule has 0 aliphatic carbocycles. The molecule has 2 aromatic rings. The molecule has 0 aromatic heterocycles. The van der Waals surface area contributed by atoms with E-state index in [1.165, 1.54) is 24.3 Å². The topological polar surface area (TPSA) is 190 Å². The molecule has 0 atom stereocenters. The zero-order valence-electron chi connectivity index (χ0n) is 15.5. The number of anilines is 2. The molecule has 2 aromatic carbocycles. The van der Waals surface area contributed by atoms with E-state index in [1.807, 2.05) is 0 Å². The Labute approximate surface area is 171 Å². The highest BCUT2D eigenvalue weighted by atomic mass is 32.2. The molecule has 13 heteroatoms. The minimum atomic E-state index is -4.08. The van der Waals surface area contributed by atoms with Crippen molar-refractivity contribution in [3.63, 3.8) is 0 Å². The summed E-state index contributed by atoms with van der Waals surface area (Å²) in [6, 6.07) is 11.5. The van der Waals surface area contributed by atoms with Crippen LogP contribution in [0.5, 0.6) is 0 Å². The standard InChI is InChI=1S/C17H16N8O4S/c18-23-22-14-6-4-12(5-7-14)20-16(26)2-1-3-17(27)21-13-8-10-15(11-9-13)30(28,29)25-24-19/h4-11H,1-3H2,(H,20,26)(H,21,27). The molecule has 2 N–H and O–H groups in total. The van der Waals surface area contributed by atoms with Gasteiger partial charge in [0.1, 0.15) is 0 Å². The number of hydrogen-bond acceptors (Lipinski definition) is 5. The first-order valence-electron chi connectivity index (χ1n) is 8.50. The molecule has 0 spiro atoms. The molecule has 0 aliphatic rings. The molecule has 0 saturated heterocycles. The lowest BCUT2D eigenvalue weighted by molar-refractivity contribution is -0.117. The molecular formula is C17H16N8O4S. The third-order valence-electron chi connectivity index (χ3n) is 3.70. The van der Waals surface area contributed by atoms with Crippen molar-refractivity contribution in [1.82, 2.24) is 0 Å². The molecule has 0 radical (unpaired) electrons. The fourth-order valence-corrected chi connectivity index (χ4v) is 3.00. The maximum Gasteiger partial charge on any atom is 0.264 e. The maximum atomic E-state index is 12.0. The van der Waals surface area contributed by atoms with Crippen molar-refractivity contribution in [1.29, 1.82) is 0 Å². The SMILES string of the molecule is [N-]=[N+]=Nc1ccc(NC(=O)CCCC(=O)Nc2ccc(S(=O)(=O)N=[N+]=[N-])cc2)cc1. The molecule has 2 rings (SSSR count). The number of hydrogen-bond donors (Lipinski definition) is 2. The number of carbonyl (C=O) groups excluding carboxylic acids is 2. The molecule has 12 nitrogen and oxygen atoms in total. The van der Waals surface area contributed by atoms with Gasteiger partial charge in [0.15, 0.2) is 0 Å². The van der Waals surface area contributed by atoms with E-state index in [-0.39, 0.29) is 29.6 Å². The smallest absolute Gasteiger partial charge is 0.264 e. The summed E-state index contributed by atoms with van der Waals surface area (Å²) in [5, 5.41) is 8.68. The van der Waals surface area contributed by atoms with E-state index < -0.39 is 10.0 Å². The van der Waals surface area contributed by atoms with Crippen LogP contribution in [0.2, 0.25) is 0 Å². The second kappa shape index (κ2) is 10.5. The molecule has 2 amide bonds. The molecule has 0 saturated carbocycles. The molecule has 30 heavy (non-hydrogen) atoms. The first kappa shape index (κ1) is 22.2. The summed E-state index contributed by atoms with van der Waals surface area (Å²) in [5.74, 6) is -0.612.